The number of hydrogen-bond acceptors (Lipinski definition) is 5. The molecule has 9 nitrogen and oxygen atoms in total. The number of fused-ring (bicyclic) bond motifs is 3. The molecule has 0 aliphatic carbocycles. The van der Waals surface area contributed by atoms with Gasteiger partial charge in [0.1, 0.15) is 17.8 Å². The Balaban J connectivity index is 1.45. The highest BCUT2D eigenvalue weighted by atomic mass is 35.5. The van der Waals surface area contributed by atoms with Gasteiger partial charge in [-0.1, -0.05) is 23.7 Å². The van der Waals surface area contributed by atoms with Crippen molar-refractivity contribution in [1.29, 1.82) is 0 Å². The summed E-state index contributed by atoms with van der Waals surface area (Å²) in [6, 6.07) is 16.1. The van der Waals surface area contributed by atoms with Crippen LogP contribution in [0.15, 0.2) is 71.8 Å². The van der Waals surface area contributed by atoms with Crippen LogP contribution in [0.4, 0.5) is 5.69 Å². The van der Waals surface area contributed by atoms with Crippen molar-refractivity contribution in [2.75, 3.05) is 12.4 Å². The number of hydrogen-bond donors (Lipinski definition) is 1. The molecule has 0 spiro atoms. The van der Waals surface area contributed by atoms with Crippen molar-refractivity contribution in [2.45, 2.75) is 6.54 Å². The molecule has 0 unspecified atom stereocenters. The average Bonchev–Trinajstić information content (AvgIpc) is 3.36. The molecule has 1 N–H and O–H groups in total. The summed E-state index contributed by atoms with van der Waals surface area (Å²) in [5, 5.41) is 12.3. The average molecular weight is 449 g/mol. The van der Waals surface area contributed by atoms with E-state index in [1.165, 1.54) is 4.40 Å². The van der Waals surface area contributed by atoms with Gasteiger partial charge in [-0.05, 0) is 42.5 Å². The second-order valence-corrected chi connectivity index (χ2v) is 7.51. The smallest absolute Gasteiger partial charge is 0.350 e. The third-order valence-electron chi connectivity index (χ3n) is 5.00. The quantitative estimate of drug-likeness (QED) is 0.446. The second kappa shape index (κ2) is 7.86. The molecule has 160 valence electrons. The molecular formula is C22H17ClN6O3. The monoisotopic (exact) mass is 448 g/mol. The van der Waals surface area contributed by atoms with Crippen molar-refractivity contribution in [1.82, 2.24) is 23.8 Å². The van der Waals surface area contributed by atoms with Gasteiger partial charge in [0.2, 0.25) is 5.91 Å². The second-order valence-electron chi connectivity index (χ2n) is 7.07. The summed E-state index contributed by atoms with van der Waals surface area (Å²) in [7, 11) is 1.57. The highest BCUT2D eigenvalue weighted by Crippen LogP contribution is 2.23. The van der Waals surface area contributed by atoms with Crippen molar-refractivity contribution in [3.8, 4) is 17.0 Å². The molecule has 32 heavy (non-hydrogen) atoms. The van der Waals surface area contributed by atoms with Crippen LogP contribution in [-0.2, 0) is 11.3 Å². The van der Waals surface area contributed by atoms with Gasteiger partial charge < -0.3 is 10.1 Å². The van der Waals surface area contributed by atoms with Gasteiger partial charge in [0.05, 0.1) is 12.8 Å². The summed E-state index contributed by atoms with van der Waals surface area (Å²) in [6.07, 6.45) is 3.25. The van der Waals surface area contributed by atoms with Crippen molar-refractivity contribution in [3.05, 3.63) is 82.5 Å². The Kier molecular flexibility index (Phi) is 4.87. The van der Waals surface area contributed by atoms with Crippen LogP contribution in [0.25, 0.3) is 22.4 Å². The molecule has 5 rings (SSSR count). The molecule has 0 bridgehead atoms. The minimum absolute atomic E-state index is 0.225. The summed E-state index contributed by atoms with van der Waals surface area (Å²) in [6.45, 7) is -0.225. The normalized spacial score (nSPS) is 11.2. The van der Waals surface area contributed by atoms with E-state index in [2.05, 4.69) is 15.5 Å². The molecule has 0 fully saturated rings. The van der Waals surface area contributed by atoms with Gasteiger partial charge in [-0.25, -0.2) is 18.4 Å². The molecule has 10 heteroatoms. The first kappa shape index (κ1) is 19.8. The molecule has 0 saturated heterocycles. The van der Waals surface area contributed by atoms with Gasteiger partial charge in [-0.2, -0.15) is 5.10 Å². The van der Waals surface area contributed by atoms with Crippen molar-refractivity contribution >= 4 is 34.4 Å². The molecular weight excluding hydrogens is 432 g/mol. The van der Waals surface area contributed by atoms with Crippen LogP contribution in [0.3, 0.4) is 0 Å². The fourth-order valence-electron chi connectivity index (χ4n) is 3.41. The van der Waals surface area contributed by atoms with Crippen LogP contribution in [0.5, 0.6) is 5.75 Å². The summed E-state index contributed by atoms with van der Waals surface area (Å²) in [4.78, 5) is 25.2. The summed E-state index contributed by atoms with van der Waals surface area (Å²) in [5.74, 6) is 0.314. The van der Waals surface area contributed by atoms with Gasteiger partial charge in [0.25, 0.3) is 0 Å². The zero-order chi connectivity index (χ0) is 22.2. The van der Waals surface area contributed by atoms with Crippen LogP contribution in [0, 0.1) is 0 Å². The number of aromatic nitrogens is 5. The topological polar surface area (TPSA) is 94.9 Å². The van der Waals surface area contributed by atoms with Crippen LogP contribution in [0.1, 0.15) is 0 Å². The molecule has 1 amide bonds. The highest BCUT2D eigenvalue weighted by Gasteiger charge is 2.15. The van der Waals surface area contributed by atoms with E-state index in [9.17, 15) is 9.59 Å². The Labute approximate surface area is 186 Å². The standard InChI is InChI=1S/C22H17ClN6O3/c1-32-17-8-6-16(7-9-17)24-20(30)13-29-22(31)27-10-11-28-19(21(27)26-29)12-18(25-28)14-2-4-15(23)5-3-14/h2-12H,13H2,1H3,(H,24,30). The number of nitrogens with zero attached hydrogens (tertiary/aromatic N) is 5. The van der Waals surface area contributed by atoms with Crippen molar-refractivity contribution < 1.29 is 9.53 Å². The SMILES string of the molecule is COc1ccc(NC(=O)Cn2nc3c4cc(-c5ccc(Cl)cc5)nn4ccn3c2=O)cc1. The molecule has 2 aromatic carbocycles. The zero-order valence-corrected chi connectivity index (χ0v) is 17.7. The van der Waals surface area contributed by atoms with E-state index in [0.29, 0.717) is 33.3 Å². The van der Waals surface area contributed by atoms with E-state index < -0.39 is 5.69 Å². The molecule has 0 radical (unpaired) electrons. The Morgan fingerprint density at radius 3 is 2.53 bits per heavy atom. The molecule has 0 aliphatic rings. The Morgan fingerprint density at radius 1 is 1.06 bits per heavy atom. The van der Waals surface area contributed by atoms with Crippen LogP contribution < -0.4 is 15.7 Å². The lowest BCUT2D eigenvalue weighted by atomic mass is 10.1. The predicted molar refractivity (Wildman–Crippen MR) is 120 cm³/mol. The Bertz CT molecular complexity index is 1500. The van der Waals surface area contributed by atoms with Crippen LogP contribution in [0.2, 0.25) is 5.02 Å². The summed E-state index contributed by atoms with van der Waals surface area (Å²) >= 11 is 5.97. The van der Waals surface area contributed by atoms with E-state index in [-0.39, 0.29) is 12.5 Å². The van der Waals surface area contributed by atoms with E-state index in [0.717, 1.165) is 10.2 Å². The molecule has 3 heterocycles. The number of ether oxygens (including phenoxy) is 1. The van der Waals surface area contributed by atoms with E-state index in [1.807, 2.05) is 18.2 Å². The third-order valence-corrected chi connectivity index (χ3v) is 5.25. The number of halogens is 1. The van der Waals surface area contributed by atoms with Crippen LogP contribution >= 0.6 is 11.6 Å². The third kappa shape index (κ3) is 3.58. The predicted octanol–water partition coefficient (Wildman–Crippen LogP) is 3.11. The maximum Gasteiger partial charge on any atom is 0.350 e. The first-order valence-corrected chi connectivity index (χ1v) is 10.1. The fourth-order valence-corrected chi connectivity index (χ4v) is 3.54. The minimum Gasteiger partial charge on any atom is -0.497 e. The summed E-state index contributed by atoms with van der Waals surface area (Å²) in [5.41, 5.74) is 2.83. The maximum absolute atomic E-state index is 12.8. The Hall–Kier alpha value is -4.11. The maximum atomic E-state index is 12.8. The lowest BCUT2D eigenvalue weighted by molar-refractivity contribution is -0.117. The molecule has 0 saturated carbocycles. The number of methoxy groups -OCH3 is 1. The number of carbonyl (C=O) groups excluding carboxylic acids is 1. The number of anilines is 1. The highest BCUT2D eigenvalue weighted by molar-refractivity contribution is 6.30. The first-order valence-electron chi connectivity index (χ1n) is 9.69. The number of benzene rings is 2. The van der Waals surface area contributed by atoms with Crippen molar-refractivity contribution in [3.63, 3.8) is 0 Å². The summed E-state index contributed by atoms with van der Waals surface area (Å²) < 4.78 is 9.27. The van der Waals surface area contributed by atoms with E-state index in [4.69, 9.17) is 16.3 Å². The molecule has 3 aromatic heterocycles. The zero-order valence-electron chi connectivity index (χ0n) is 16.9. The molecule has 5 aromatic rings. The first-order chi connectivity index (χ1) is 15.5. The van der Waals surface area contributed by atoms with Crippen LogP contribution in [-0.4, -0.2) is 36.8 Å². The Morgan fingerprint density at radius 2 is 1.81 bits per heavy atom. The number of amides is 1. The van der Waals surface area contributed by atoms with E-state index in [1.54, 1.807) is 60.4 Å². The van der Waals surface area contributed by atoms with E-state index >= 15 is 0 Å². The lowest BCUT2D eigenvalue weighted by Gasteiger charge is -2.05. The van der Waals surface area contributed by atoms with Gasteiger partial charge in [0, 0.05) is 28.7 Å². The number of nitrogens with one attached hydrogen (secondary N) is 1. The van der Waals surface area contributed by atoms with Gasteiger partial charge in [-0.15, -0.1) is 5.10 Å². The number of carbonyl (C=O) groups is 1. The van der Waals surface area contributed by atoms with Gasteiger partial charge in [0.15, 0.2) is 5.65 Å². The minimum atomic E-state index is -0.415. The number of rotatable bonds is 5. The van der Waals surface area contributed by atoms with Gasteiger partial charge in [-0.3, -0.25) is 4.79 Å². The van der Waals surface area contributed by atoms with Crippen molar-refractivity contribution in [2.24, 2.45) is 0 Å². The molecule has 0 aliphatic heterocycles. The lowest BCUT2D eigenvalue weighted by Crippen LogP contribution is -2.28. The largest absolute Gasteiger partial charge is 0.497 e. The van der Waals surface area contributed by atoms with Gasteiger partial charge >= 0.3 is 5.69 Å². The molecule has 0 atom stereocenters. The fraction of sp³-hybridized carbons (Fsp3) is 0.0909.